The molecule has 0 aliphatic carbocycles. The molecule has 1 saturated heterocycles. The SMILES string of the molecule is CC(C)c1ccc(-n2cnnc2SCC(=O)N(CCC#N)C2CCOCC2)cc1. The topological polar surface area (TPSA) is 84.0 Å². The Balaban J connectivity index is 1.66. The number of ether oxygens (including phenoxy) is 1. The fourth-order valence-electron chi connectivity index (χ4n) is 3.41. The Hall–Kier alpha value is -2.37. The van der Waals surface area contributed by atoms with Gasteiger partial charge in [0.2, 0.25) is 5.91 Å². The van der Waals surface area contributed by atoms with Crippen molar-refractivity contribution in [1.29, 1.82) is 5.26 Å². The fraction of sp³-hybridized carbons (Fsp3) is 0.524. The molecule has 2 heterocycles. The van der Waals surface area contributed by atoms with E-state index in [9.17, 15) is 4.79 Å². The van der Waals surface area contributed by atoms with Crippen LogP contribution in [0.2, 0.25) is 0 Å². The number of amides is 1. The predicted molar refractivity (Wildman–Crippen MR) is 112 cm³/mol. The molecule has 0 spiro atoms. The van der Waals surface area contributed by atoms with Gasteiger partial charge in [0.1, 0.15) is 6.33 Å². The van der Waals surface area contributed by atoms with Crippen molar-refractivity contribution in [2.24, 2.45) is 0 Å². The summed E-state index contributed by atoms with van der Waals surface area (Å²) in [5.74, 6) is 0.772. The maximum atomic E-state index is 12.9. The number of carbonyl (C=O) groups is 1. The van der Waals surface area contributed by atoms with Crippen LogP contribution in [-0.4, -0.2) is 57.1 Å². The van der Waals surface area contributed by atoms with Gasteiger partial charge in [-0.25, -0.2) is 0 Å². The van der Waals surface area contributed by atoms with Crippen LogP contribution in [0.5, 0.6) is 0 Å². The Morgan fingerprint density at radius 3 is 2.72 bits per heavy atom. The molecule has 8 heteroatoms. The van der Waals surface area contributed by atoms with E-state index in [0.717, 1.165) is 18.5 Å². The molecule has 0 N–H and O–H groups in total. The summed E-state index contributed by atoms with van der Waals surface area (Å²) in [6.45, 7) is 6.11. The minimum Gasteiger partial charge on any atom is -0.381 e. The molecule has 2 aromatic rings. The maximum absolute atomic E-state index is 12.9. The first kappa shape index (κ1) is 21.3. The smallest absolute Gasteiger partial charge is 0.233 e. The van der Waals surface area contributed by atoms with Crippen molar-refractivity contribution in [2.75, 3.05) is 25.5 Å². The van der Waals surface area contributed by atoms with Crippen LogP contribution < -0.4 is 0 Å². The number of hydrogen-bond donors (Lipinski definition) is 0. The van der Waals surface area contributed by atoms with Crippen LogP contribution in [0.25, 0.3) is 5.69 Å². The molecule has 1 fully saturated rings. The highest BCUT2D eigenvalue weighted by Crippen LogP contribution is 2.23. The van der Waals surface area contributed by atoms with E-state index < -0.39 is 0 Å². The van der Waals surface area contributed by atoms with Crippen LogP contribution in [0.3, 0.4) is 0 Å². The van der Waals surface area contributed by atoms with Crippen molar-refractivity contribution in [2.45, 2.75) is 50.2 Å². The standard InChI is InChI=1S/C21H27N5O2S/c1-16(2)17-4-6-18(7-5-17)26-15-23-24-21(26)29-14-20(27)25(11-3-10-22)19-8-12-28-13-9-19/h4-7,15-16,19H,3,8-9,11-14H2,1-2H3. The van der Waals surface area contributed by atoms with E-state index in [1.54, 1.807) is 6.33 Å². The highest BCUT2D eigenvalue weighted by atomic mass is 32.2. The Bertz CT molecular complexity index is 838. The van der Waals surface area contributed by atoms with Gasteiger partial charge >= 0.3 is 0 Å². The molecule has 1 aliphatic heterocycles. The molecule has 1 amide bonds. The minimum atomic E-state index is 0.0295. The van der Waals surface area contributed by atoms with Gasteiger partial charge in [-0.05, 0) is 36.5 Å². The molecule has 1 aromatic carbocycles. The molecule has 29 heavy (non-hydrogen) atoms. The first-order chi connectivity index (χ1) is 14.1. The van der Waals surface area contributed by atoms with Crippen molar-refractivity contribution < 1.29 is 9.53 Å². The van der Waals surface area contributed by atoms with E-state index in [2.05, 4.69) is 42.2 Å². The zero-order valence-corrected chi connectivity index (χ0v) is 17.8. The third kappa shape index (κ3) is 5.58. The number of nitrogens with zero attached hydrogens (tertiary/aromatic N) is 5. The second-order valence-electron chi connectivity index (χ2n) is 7.36. The van der Waals surface area contributed by atoms with Crippen molar-refractivity contribution in [1.82, 2.24) is 19.7 Å². The summed E-state index contributed by atoms with van der Waals surface area (Å²) in [6, 6.07) is 10.6. The second kappa shape index (κ2) is 10.4. The largest absolute Gasteiger partial charge is 0.381 e. The van der Waals surface area contributed by atoms with Crippen LogP contribution in [0, 0.1) is 11.3 Å². The highest BCUT2D eigenvalue weighted by Gasteiger charge is 2.26. The van der Waals surface area contributed by atoms with Crippen LogP contribution in [0.15, 0.2) is 35.7 Å². The number of benzene rings is 1. The lowest BCUT2D eigenvalue weighted by atomic mass is 10.0. The lowest BCUT2D eigenvalue weighted by molar-refractivity contribution is -0.132. The number of aromatic nitrogens is 3. The molecule has 0 atom stereocenters. The first-order valence-electron chi connectivity index (χ1n) is 9.97. The highest BCUT2D eigenvalue weighted by molar-refractivity contribution is 7.99. The predicted octanol–water partition coefficient (Wildman–Crippen LogP) is 3.40. The van der Waals surface area contributed by atoms with Gasteiger partial charge in [0.15, 0.2) is 5.16 Å². The normalized spacial score (nSPS) is 14.7. The maximum Gasteiger partial charge on any atom is 0.233 e. The van der Waals surface area contributed by atoms with Gasteiger partial charge in [-0.2, -0.15) is 5.26 Å². The monoisotopic (exact) mass is 413 g/mol. The van der Waals surface area contributed by atoms with E-state index in [-0.39, 0.29) is 17.7 Å². The van der Waals surface area contributed by atoms with Gasteiger partial charge in [-0.3, -0.25) is 9.36 Å². The number of hydrogen-bond acceptors (Lipinski definition) is 6. The zero-order chi connectivity index (χ0) is 20.6. The van der Waals surface area contributed by atoms with Crippen molar-refractivity contribution in [3.05, 3.63) is 36.2 Å². The van der Waals surface area contributed by atoms with Crippen LogP contribution >= 0.6 is 11.8 Å². The van der Waals surface area contributed by atoms with Gasteiger partial charge in [-0.1, -0.05) is 37.7 Å². The second-order valence-corrected chi connectivity index (χ2v) is 8.30. The quantitative estimate of drug-likeness (QED) is 0.617. The van der Waals surface area contributed by atoms with Crippen LogP contribution in [0.1, 0.15) is 44.6 Å². The first-order valence-corrected chi connectivity index (χ1v) is 11.0. The summed E-state index contributed by atoms with van der Waals surface area (Å²) in [5, 5.41) is 17.9. The molecular weight excluding hydrogens is 386 g/mol. The Morgan fingerprint density at radius 2 is 2.07 bits per heavy atom. The Morgan fingerprint density at radius 1 is 1.34 bits per heavy atom. The van der Waals surface area contributed by atoms with Crippen LogP contribution in [-0.2, 0) is 9.53 Å². The van der Waals surface area contributed by atoms with E-state index in [0.29, 0.717) is 37.3 Å². The number of rotatable bonds is 8. The lowest BCUT2D eigenvalue weighted by Crippen LogP contribution is -2.44. The number of thioether (sulfide) groups is 1. The summed E-state index contributed by atoms with van der Waals surface area (Å²) < 4.78 is 7.31. The Labute approximate surface area is 176 Å². The molecule has 1 aromatic heterocycles. The molecular formula is C21H27N5O2S. The summed E-state index contributed by atoms with van der Waals surface area (Å²) in [5.41, 5.74) is 2.25. The number of nitriles is 1. The van der Waals surface area contributed by atoms with Gasteiger partial charge in [0.05, 0.1) is 18.2 Å². The van der Waals surface area contributed by atoms with E-state index in [4.69, 9.17) is 10.00 Å². The van der Waals surface area contributed by atoms with Crippen LogP contribution in [0.4, 0.5) is 0 Å². The summed E-state index contributed by atoms with van der Waals surface area (Å²) in [6.07, 6.45) is 3.65. The third-order valence-electron chi connectivity index (χ3n) is 5.10. The third-order valence-corrected chi connectivity index (χ3v) is 6.02. The van der Waals surface area contributed by atoms with Gasteiger partial charge < -0.3 is 9.64 Å². The molecule has 7 nitrogen and oxygen atoms in total. The van der Waals surface area contributed by atoms with Gasteiger partial charge in [-0.15, -0.1) is 10.2 Å². The average Bonchev–Trinajstić information content (AvgIpc) is 3.22. The van der Waals surface area contributed by atoms with Gasteiger partial charge in [0.25, 0.3) is 0 Å². The molecule has 0 bridgehead atoms. The van der Waals surface area contributed by atoms with Crippen molar-refractivity contribution >= 4 is 17.7 Å². The molecule has 154 valence electrons. The van der Waals surface area contributed by atoms with E-state index >= 15 is 0 Å². The van der Waals surface area contributed by atoms with Crippen molar-refractivity contribution in [3.8, 4) is 11.8 Å². The summed E-state index contributed by atoms with van der Waals surface area (Å²) in [7, 11) is 0. The van der Waals surface area contributed by atoms with Crippen molar-refractivity contribution in [3.63, 3.8) is 0 Å². The summed E-state index contributed by atoms with van der Waals surface area (Å²) in [4.78, 5) is 14.8. The molecule has 1 aliphatic rings. The summed E-state index contributed by atoms with van der Waals surface area (Å²) >= 11 is 1.38. The zero-order valence-electron chi connectivity index (χ0n) is 17.0. The molecule has 3 rings (SSSR count). The average molecular weight is 414 g/mol. The Kier molecular flexibility index (Phi) is 7.67. The molecule has 0 unspecified atom stereocenters. The van der Waals surface area contributed by atoms with Gasteiger partial charge in [0, 0.05) is 31.5 Å². The number of carbonyl (C=O) groups excluding carboxylic acids is 1. The minimum absolute atomic E-state index is 0.0295. The molecule has 0 radical (unpaired) electrons. The van der Waals surface area contributed by atoms with E-state index in [1.165, 1.54) is 17.3 Å². The lowest BCUT2D eigenvalue weighted by Gasteiger charge is -2.33. The fourth-order valence-corrected chi connectivity index (χ4v) is 4.22. The van der Waals surface area contributed by atoms with E-state index in [1.807, 2.05) is 21.6 Å². The molecule has 0 saturated carbocycles.